The first-order chi connectivity index (χ1) is 7.87. The van der Waals surface area contributed by atoms with Crippen molar-refractivity contribution in [2.45, 2.75) is 12.8 Å². The van der Waals surface area contributed by atoms with Gasteiger partial charge in [-0.1, -0.05) is 6.07 Å². The first-order valence-corrected chi connectivity index (χ1v) is 6.81. The van der Waals surface area contributed by atoms with Gasteiger partial charge in [-0.15, -0.1) is 0 Å². The second-order valence-electron chi connectivity index (χ2n) is 3.56. The number of nitrogens with one attached hydrogen (secondary N) is 1. The molecule has 0 saturated heterocycles. The molecule has 3 N–H and O–H groups in total. The van der Waals surface area contributed by atoms with Crippen molar-refractivity contribution in [2.75, 3.05) is 11.0 Å². The number of hydrogen-bond donors (Lipinski definition) is 2. The van der Waals surface area contributed by atoms with E-state index in [0.717, 1.165) is 11.8 Å². The molecule has 6 nitrogen and oxygen atoms in total. The van der Waals surface area contributed by atoms with Crippen LogP contribution in [0.15, 0.2) is 18.3 Å². The van der Waals surface area contributed by atoms with Crippen LogP contribution in [-0.4, -0.2) is 25.6 Å². The van der Waals surface area contributed by atoms with Gasteiger partial charge in [-0.05, 0) is 24.5 Å². The summed E-state index contributed by atoms with van der Waals surface area (Å²) < 4.78 is 24.1. The Labute approximate surface area is 100 Å². The van der Waals surface area contributed by atoms with Crippen LogP contribution in [0.4, 0.5) is 5.82 Å². The maximum absolute atomic E-state index is 10.9. The summed E-state index contributed by atoms with van der Waals surface area (Å²) in [5.74, 6) is -0.0934. The molecular weight excluding hydrogens is 242 g/mol. The summed E-state index contributed by atoms with van der Waals surface area (Å²) >= 11 is 0. The van der Waals surface area contributed by atoms with Gasteiger partial charge in [0.2, 0.25) is 15.9 Å². The maximum atomic E-state index is 10.9. The minimum Gasteiger partial charge on any atom is -0.370 e. The molecule has 93 valence electrons. The second-order valence-corrected chi connectivity index (χ2v) is 5.31. The highest BCUT2D eigenvalue weighted by Crippen LogP contribution is 2.10. The second kappa shape index (κ2) is 5.62. The van der Waals surface area contributed by atoms with E-state index in [1.807, 2.05) is 6.42 Å². The summed E-state index contributed by atoms with van der Waals surface area (Å²) in [4.78, 5) is 14.4. The third-order valence-corrected chi connectivity index (χ3v) is 2.43. The van der Waals surface area contributed by atoms with E-state index in [2.05, 4.69) is 9.71 Å². The summed E-state index contributed by atoms with van der Waals surface area (Å²) in [6.07, 6.45) is 5.21. The summed E-state index contributed by atoms with van der Waals surface area (Å²) in [5, 5.41) is 0. The third kappa shape index (κ3) is 5.86. The van der Waals surface area contributed by atoms with Gasteiger partial charge in [0.15, 0.2) is 0 Å². The van der Waals surface area contributed by atoms with Crippen LogP contribution >= 0.6 is 0 Å². The van der Waals surface area contributed by atoms with Crippen LogP contribution in [0.25, 0.3) is 0 Å². The Morgan fingerprint density at radius 3 is 2.71 bits per heavy atom. The standard InChI is InChI=1S/C10H14N3O3S/c1-17(15,16)13-10-6-5-8(7-12-10)3-2-4-9(11)14/h3,5-7H,2,4H2,1H3,(H2,11,14)(H,12,13). The molecule has 0 bridgehead atoms. The Kier molecular flexibility index (Phi) is 4.45. The zero-order valence-electron chi connectivity index (χ0n) is 9.38. The number of amides is 1. The van der Waals surface area contributed by atoms with E-state index in [1.165, 1.54) is 6.20 Å². The van der Waals surface area contributed by atoms with E-state index >= 15 is 0 Å². The summed E-state index contributed by atoms with van der Waals surface area (Å²) in [7, 11) is -3.30. The molecule has 0 unspecified atom stereocenters. The van der Waals surface area contributed by atoms with E-state index in [4.69, 9.17) is 5.73 Å². The Morgan fingerprint density at radius 1 is 1.53 bits per heavy atom. The molecule has 1 aromatic rings. The third-order valence-electron chi connectivity index (χ3n) is 1.85. The van der Waals surface area contributed by atoms with Gasteiger partial charge in [-0.25, -0.2) is 13.4 Å². The van der Waals surface area contributed by atoms with Crippen LogP contribution in [0.5, 0.6) is 0 Å². The van der Waals surface area contributed by atoms with Crippen molar-refractivity contribution in [1.82, 2.24) is 4.98 Å². The molecule has 1 amide bonds. The molecule has 1 radical (unpaired) electrons. The number of nitrogens with two attached hydrogens (primary N) is 1. The average Bonchev–Trinajstić information content (AvgIpc) is 2.18. The highest BCUT2D eigenvalue weighted by atomic mass is 32.2. The van der Waals surface area contributed by atoms with Gasteiger partial charge in [0, 0.05) is 12.6 Å². The fourth-order valence-corrected chi connectivity index (χ4v) is 1.66. The topological polar surface area (TPSA) is 102 Å². The van der Waals surface area contributed by atoms with Crippen molar-refractivity contribution in [1.29, 1.82) is 0 Å². The van der Waals surface area contributed by atoms with Gasteiger partial charge in [0.25, 0.3) is 0 Å². The molecule has 1 heterocycles. The Bertz CT molecular complexity index is 482. The molecule has 0 atom stereocenters. The average molecular weight is 256 g/mol. The van der Waals surface area contributed by atoms with E-state index in [0.29, 0.717) is 6.42 Å². The maximum Gasteiger partial charge on any atom is 0.230 e. The van der Waals surface area contributed by atoms with Crippen molar-refractivity contribution in [3.8, 4) is 0 Å². The number of pyridine rings is 1. The number of carbonyl (C=O) groups is 1. The number of aromatic nitrogens is 1. The van der Waals surface area contributed by atoms with Crippen molar-refractivity contribution in [2.24, 2.45) is 5.73 Å². The monoisotopic (exact) mass is 256 g/mol. The number of rotatable bonds is 6. The number of anilines is 1. The molecule has 0 aliphatic heterocycles. The van der Waals surface area contributed by atoms with Gasteiger partial charge in [0.1, 0.15) is 5.82 Å². The number of carbonyl (C=O) groups excluding carboxylic acids is 1. The number of sulfonamides is 1. The minimum absolute atomic E-state index is 0.263. The molecule has 0 aliphatic rings. The lowest BCUT2D eigenvalue weighted by molar-refractivity contribution is -0.117. The van der Waals surface area contributed by atoms with Gasteiger partial charge in [0.05, 0.1) is 6.26 Å². The predicted molar refractivity (Wildman–Crippen MR) is 64.5 cm³/mol. The fourth-order valence-electron chi connectivity index (χ4n) is 1.16. The highest BCUT2D eigenvalue weighted by molar-refractivity contribution is 7.92. The van der Waals surface area contributed by atoms with Crippen LogP contribution in [0.2, 0.25) is 0 Å². The Morgan fingerprint density at radius 2 is 2.24 bits per heavy atom. The molecule has 0 spiro atoms. The lowest BCUT2D eigenvalue weighted by atomic mass is 10.1. The lowest BCUT2D eigenvalue weighted by Gasteiger charge is -2.04. The summed E-state index contributed by atoms with van der Waals surface area (Å²) in [6, 6.07) is 3.26. The molecular formula is C10H14N3O3S. The zero-order chi connectivity index (χ0) is 12.9. The molecule has 0 saturated carbocycles. The SMILES string of the molecule is CS(=O)(=O)Nc1ccc([CH]CCC(N)=O)cn1. The van der Waals surface area contributed by atoms with Crippen molar-refractivity contribution >= 4 is 21.7 Å². The summed E-state index contributed by atoms with van der Waals surface area (Å²) in [6.45, 7) is 0. The van der Waals surface area contributed by atoms with Crippen molar-refractivity contribution in [3.05, 3.63) is 30.3 Å². The molecule has 17 heavy (non-hydrogen) atoms. The van der Waals surface area contributed by atoms with Crippen LogP contribution in [0, 0.1) is 6.42 Å². The number of nitrogens with zero attached hydrogens (tertiary/aromatic N) is 1. The number of hydrogen-bond acceptors (Lipinski definition) is 4. The quantitative estimate of drug-likeness (QED) is 0.762. The summed E-state index contributed by atoms with van der Waals surface area (Å²) in [5.41, 5.74) is 5.81. The minimum atomic E-state index is -3.30. The van der Waals surface area contributed by atoms with Crippen molar-refractivity contribution in [3.63, 3.8) is 0 Å². The molecule has 1 rings (SSSR count). The van der Waals surface area contributed by atoms with Crippen LogP contribution in [-0.2, 0) is 14.8 Å². The Balaban J connectivity index is 2.53. The van der Waals surface area contributed by atoms with Gasteiger partial charge >= 0.3 is 0 Å². The first kappa shape index (κ1) is 13.4. The van der Waals surface area contributed by atoms with E-state index in [9.17, 15) is 13.2 Å². The normalized spacial score (nSPS) is 11.1. The van der Waals surface area contributed by atoms with Gasteiger partial charge < -0.3 is 5.73 Å². The van der Waals surface area contributed by atoms with Crippen molar-refractivity contribution < 1.29 is 13.2 Å². The molecule has 1 aromatic heterocycles. The van der Waals surface area contributed by atoms with E-state index < -0.39 is 10.0 Å². The zero-order valence-corrected chi connectivity index (χ0v) is 10.2. The number of primary amides is 1. The first-order valence-electron chi connectivity index (χ1n) is 4.92. The molecule has 0 aromatic carbocycles. The van der Waals surface area contributed by atoms with Gasteiger partial charge in [-0.3, -0.25) is 9.52 Å². The van der Waals surface area contributed by atoms with Crippen LogP contribution in [0.1, 0.15) is 18.4 Å². The van der Waals surface area contributed by atoms with Crippen LogP contribution < -0.4 is 10.5 Å². The van der Waals surface area contributed by atoms with Crippen LogP contribution in [0.3, 0.4) is 0 Å². The molecule has 0 fully saturated rings. The van der Waals surface area contributed by atoms with E-state index in [-0.39, 0.29) is 18.1 Å². The molecule has 7 heteroatoms. The highest BCUT2D eigenvalue weighted by Gasteiger charge is 2.03. The smallest absolute Gasteiger partial charge is 0.230 e. The van der Waals surface area contributed by atoms with E-state index in [1.54, 1.807) is 12.1 Å². The Hall–Kier alpha value is -1.63. The largest absolute Gasteiger partial charge is 0.370 e. The predicted octanol–water partition coefficient (Wildman–Crippen LogP) is 0.271. The fraction of sp³-hybridized carbons (Fsp3) is 0.300. The lowest BCUT2D eigenvalue weighted by Crippen LogP contribution is -2.11. The van der Waals surface area contributed by atoms with Gasteiger partial charge in [-0.2, -0.15) is 0 Å². The molecule has 0 aliphatic carbocycles.